The summed E-state index contributed by atoms with van der Waals surface area (Å²) in [6, 6.07) is 2.00. The molecule has 15 heavy (non-hydrogen) atoms. The Bertz CT molecular complexity index is 332. The fourth-order valence-corrected chi connectivity index (χ4v) is 1.91. The average Bonchev–Trinajstić information content (AvgIpc) is 2.77. The molecule has 6 nitrogen and oxygen atoms in total. The highest BCUT2D eigenvalue weighted by atomic mass is 16.3. The molecule has 1 atom stereocenters. The van der Waals surface area contributed by atoms with Gasteiger partial charge in [0.1, 0.15) is 5.82 Å². The zero-order valence-corrected chi connectivity index (χ0v) is 8.43. The quantitative estimate of drug-likeness (QED) is 0.469. The number of hydrogen-bond acceptors (Lipinski definition) is 6. The summed E-state index contributed by atoms with van der Waals surface area (Å²) in [5.74, 6) is 6.46. The SMILES string of the molecule is NNc1nccc(N2CCCC2CO)n1. The predicted octanol–water partition coefficient (Wildman–Crippen LogP) is -0.277. The van der Waals surface area contributed by atoms with E-state index in [0.29, 0.717) is 5.95 Å². The Morgan fingerprint density at radius 3 is 3.27 bits per heavy atom. The first-order chi connectivity index (χ1) is 7.35. The van der Waals surface area contributed by atoms with Crippen molar-refractivity contribution in [2.24, 2.45) is 5.84 Å². The highest BCUT2D eigenvalue weighted by Crippen LogP contribution is 2.23. The van der Waals surface area contributed by atoms with Gasteiger partial charge in [-0.15, -0.1) is 0 Å². The van der Waals surface area contributed by atoms with Crippen molar-refractivity contribution in [3.63, 3.8) is 0 Å². The summed E-state index contributed by atoms with van der Waals surface area (Å²) in [7, 11) is 0. The van der Waals surface area contributed by atoms with Gasteiger partial charge >= 0.3 is 0 Å². The summed E-state index contributed by atoms with van der Waals surface area (Å²) >= 11 is 0. The van der Waals surface area contributed by atoms with Gasteiger partial charge in [0.2, 0.25) is 5.95 Å². The second-order valence-corrected chi connectivity index (χ2v) is 3.55. The van der Waals surface area contributed by atoms with Crippen molar-refractivity contribution in [3.8, 4) is 0 Å². The molecule has 0 aliphatic carbocycles. The topological polar surface area (TPSA) is 87.3 Å². The molecule has 0 aromatic carbocycles. The highest BCUT2D eigenvalue weighted by molar-refractivity contribution is 5.44. The molecule has 1 aromatic heterocycles. The van der Waals surface area contributed by atoms with Gasteiger partial charge in [-0.05, 0) is 18.9 Å². The number of aliphatic hydroxyl groups is 1. The van der Waals surface area contributed by atoms with Crippen LogP contribution in [0.2, 0.25) is 0 Å². The summed E-state index contributed by atoms with van der Waals surface area (Å²) in [6.45, 7) is 1.08. The lowest BCUT2D eigenvalue weighted by atomic mass is 10.2. The van der Waals surface area contributed by atoms with E-state index in [-0.39, 0.29) is 12.6 Å². The lowest BCUT2D eigenvalue weighted by molar-refractivity contribution is 0.266. The van der Waals surface area contributed by atoms with Crippen LogP contribution in [0.3, 0.4) is 0 Å². The number of nitrogens with two attached hydrogens (primary N) is 1. The molecule has 0 bridgehead atoms. The van der Waals surface area contributed by atoms with E-state index >= 15 is 0 Å². The van der Waals surface area contributed by atoms with E-state index in [4.69, 9.17) is 5.84 Å². The molecule has 1 unspecified atom stereocenters. The maximum Gasteiger partial charge on any atom is 0.239 e. The van der Waals surface area contributed by atoms with Crippen molar-refractivity contribution in [3.05, 3.63) is 12.3 Å². The van der Waals surface area contributed by atoms with Crippen molar-refractivity contribution in [1.82, 2.24) is 9.97 Å². The maximum atomic E-state index is 9.20. The molecule has 4 N–H and O–H groups in total. The standard InChI is InChI=1S/C9H15N5O/c10-13-9-11-4-3-8(12-9)14-5-1-2-7(14)6-15/h3-4,7,15H,1-2,5-6,10H2,(H,11,12,13). The first kappa shape index (κ1) is 10.1. The van der Waals surface area contributed by atoms with Crippen molar-refractivity contribution >= 4 is 11.8 Å². The summed E-state index contributed by atoms with van der Waals surface area (Å²) in [5.41, 5.74) is 2.41. The van der Waals surface area contributed by atoms with Gasteiger partial charge in [-0.1, -0.05) is 0 Å². The van der Waals surface area contributed by atoms with Crippen LogP contribution in [0.15, 0.2) is 12.3 Å². The zero-order chi connectivity index (χ0) is 10.7. The van der Waals surface area contributed by atoms with Gasteiger partial charge in [0.05, 0.1) is 12.6 Å². The molecule has 0 amide bonds. The van der Waals surface area contributed by atoms with Crippen molar-refractivity contribution in [1.29, 1.82) is 0 Å². The third-order valence-electron chi connectivity index (χ3n) is 2.65. The molecule has 1 aliphatic heterocycles. The molecular formula is C9H15N5O. The smallest absolute Gasteiger partial charge is 0.239 e. The summed E-state index contributed by atoms with van der Waals surface area (Å²) in [6.07, 6.45) is 3.75. The van der Waals surface area contributed by atoms with E-state index in [0.717, 1.165) is 25.2 Å². The van der Waals surface area contributed by atoms with Crippen LogP contribution in [0.5, 0.6) is 0 Å². The second-order valence-electron chi connectivity index (χ2n) is 3.55. The van der Waals surface area contributed by atoms with Crippen LogP contribution < -0.4 is 16.2 Å². The van der Waals surface area contributed by atoms with Crippen LogP contribution in [0.4, 0.5) is 11.8 Å². The number of hydrogen-bond donors (Lipinski definition) is 3. The number of nitrogens with zero attached hydrogens (tertiary/aromatic N) is 3. The van der Waals surface area contributed by atoms with Gasteiger partial charge < -0.3 is 10.0 Å². The molecular weight excluding hydrogens is 194 g/mol. The van der Waals surface area contributed by atoms with Gasteiger partial charge in [-0.25, -0.2) is 10.8 Å². The largest absolute Gasteiger partial charge is 0.394 e. The van der Waals surface area contributed by atoms with Crippen LogP contribution in [0.1, 0.15) is 12.8 Å². The third kappa shape index (κ3) is 2.00. The van der Waals surface area contributed by atoms with Crippen LogP contribution >= 0.6 is 0 Å². The van der Waals surface area contributed by atoms with Crippen molar-refractivity contribution in [2.45, 2.75) is 18.9 Å². The number of aromatic nitrogens is 2. The van der Waals surface area contributed by atoms with E-state index in [1.54, 1.807) is 6.20 Å². The van der Waals surface area contributed by atoms with Gasteiger partial charge in [-0.2, -0.15) is 4.98 Å². The number of nitrogens with one attached hydrogen (secondary N) is 1. The molecule has 82 valence electrons. The third-order valence-corrected chi connectivity index (χ3v) is 2.65. The maximum absolute atomic E-state index is 9.20. The van der Waals surface area contributed by atoms with Crippen LogP contribution in [0, 0.1) is 0 Å². The average molecular weight is 209 g/mol. The van der Waals surface area contributed by atoms with E-state index in [1.807, 2.05) is 6.07 Å². The Morgan fingerprint density at radius 1 is 1.67 bits per heavy atom. The van der Waals surface area contributed by atoms with Gasteiger partial charge in [0.25, 0.3) is 0 Å². The monoisotopic (exact) mass is 209 g/mol. The number of aliphatic hydroxyl groups excluding tert-OH is 1. The molecule has 6 heteroatoms. The summed E-state index contributed by atoms with van der Waals surface area (Å²) in [4.78, 5) is 10.3. The molecule has 1 aromatic rings. The number of hydrazine groups is 1. The van der Waals surface area contributed by atoms with Crippen LogP contribution in [-0.4, -0.2) is 34.3 Å². The van der Waals surface area contributed by atoms with Gasteiger partial charge in [-0.3, -0.25) is 5.43 Å². The minimum absolute atomic E-state index is 0.162. The number of anilines is 2. The highest BCUT2D eigenvalue weighted by Gasteiger charge is 2.24. The Labute approximate surface area is 88.1 Å². The summed E-state index contributed by atoms with van der Waals surface area (Å²) < 4.78 is 0. The van der Waals surface area contributed by atoms with E-state index < -0.39 is 0 Å². The molecule has 0 saturated carbocycles. The normalized spacial score (nSPS) is 20.7. The Morgan fingerprint density at radius 2 is 2.53 bits per heavy atom. The van der Waals surface area contributed by atoms with E-state index in [2.05, 4.69) is 20.3 Å². The molecule has 1 saturated heterocycles. The number of nitrogen functional groups attached to an aromatic ring is 1. The zero-order valence-electron chi connectivity index (χ0n) is 8.43. The molecule has 2 heterocycles. The minimum Gasteiger partial charge on any atom is -0.394 e. The van der Waals surface area contributed by atoms with Crippen molar-refractivity contribution < 1.29 is 5.11 Å². The minimum atomic E-state index is 0.162. The Kier molecular flexibility index (Phi) is 2.98. The van der Waals surface area contributed by atoms with Crippen LogP contribution in [0.25, 0.3) is 0 Å². The molecule has 0 spiro atoms. The summed E-state index contributed by atoms with van der Waals surface area (Å²) in [5, 5.41) is 9.20. The van der Waals surface area contributed by atoms with E-state index in [1.165, 1.54) is 0 Å². The number of rotatable bonds is 3. The molecule has 0 radical (unpaired) electrons. The fourth-order valence-electron chi connectivity index (χ4n) is 1.91. The van der Waals surface area contributed by atoms with E-state index in [9.17, 15) is 5.11 Å². The Hall–Kier alpha value is -1.40. The predicted molar refractivity (Wildman–Crippen MR) is 57.3 cm³/mol. The fraction of sp³-hybridized carbons (Fsp3) is 0.556. The van der Waals surface area contributed by atoms with Gasteiger partial charge in [0.15, 0.2) is 0 Å². The Balaban J connectivity index is 2.20. The first-order valence-electron chi connectivity index (χ1n) is 5.02. The lowest BCUT2D eigenvalue weighted by Crippen LogP contribution is -2.33. The second kappa shape index (κ2) is 4.41. The van der Waals surface area contributed by atoms with Crippen LogP contribution in [-0.2, 0) is 0 Å². The van der Waals surface area contributed by atoms with Crippen molar-refractivity contribution in [2.75, 3.05) is 23.5 Å². The molecule has 1 aliphatic rings. The van der Waals surface area contributed by atoms with Gasteiger partial charge in [0, 0.05) is 12.7 Å². The first-order valence-corrected chi connectivity index (χ1v) is 5.02. The molecule has 2 rings (SSSR count). The molecule has 1 fully saturated rings. The lowest BCUT2D eigenvalue weighted by Gasteiger charge is -2.23.